The Hall–Kier alpha value is -1.40. The zero-order valence-electron chi connectivity index (χ0n) is 8.26. The molecule has 1 aliphatic rings. The summed E-state index contributed by atoms with van der Waals surface area (Å²) in [4.78, 5) is 14.0. The minimum atomic E-state index is -0.547. The van der Waals surface area contributed by atoms with Gasteiger partial charge in [-0.3, -0.25) is 10.1 Å². The minimum Gasteiger partial charge on any atom is -0.467 e. The first-order valence-corrected chi connectivity index (χ1v) is 5.10. The maximum Gasteiger partial charge on any atom is 0.331 e. The number of pyridine rings is 1. The lowest BCUT2D eigenvalue weighted by Gasteiger charge is -2.10. The summed E-state index contributed by atoms with van der Waals surface area (Å²) in [5.41, 5.74) is -0.184. The third kappa shape index (κ3) is 2.40. The average Bonchev–Trinajstić information content (AvgIpc) is 2.70. The molecule has 1 saturated heterocycles. The first-order valence-electron chi connectivity index (χ1n) is 4.72. The Kier molecular flexibility index (Phi) is 3.21. The van der Waals surface area contributed by atoms with Crippen molar-refractivity contribution >= 4 is 17.3 Å². The second-order valence-electron chi connectivity index (χ2n) is 3.32. The van der Waals surface area contributed by atoms with E-state index in [1.807, 2.05) is 0 Å². The molecule has 0 amide bonds. The Balaban J connectivity index is 2.22. The number of hydrogen-bond donors (Lipinski definition) is 0. The highest BCUT2D eigenvalue weighted by Gasteiger charge is 2.24. The highest BCUT2D eigenvalue weighted by Crippen LogP contribution is 2.28. The quantitative estimate of drug-likeness (QED) is 0.461. The van der Waals surface area contributed by atoms with Gasteiger partial charge in [-0.05, 0) is 6.07 Å². The van der Waals surface area contributed by atoms with Gasteiger partial charge in [0.05, 0.1) is 18.1 Å². The van der Waals surface area contributed by atoms with E-state index in [0.29, 0.717) is 19.6 Å². The van der Waals surface area contributed by atoms with Crippen molar-refractivity contribution in [1.82, 2.24) is 4.98 Å². The van der Waals surface area contributed by atoms with Crippen molar-refractivity contribution < 1.29 is 14.4 Å². The van der Waals surface area contributed by atoms with Gasteiger partial charge in [-0.2, -0.15) is 4.98 Å². The lowest BCUT2D eigenvalue weighted by Crippen LogP contribution is -2.17. The van der Waals surface area contributed by atoms with Gasteiger partial charge in [0.15, 0.2) is 0 Å². The molecular weight excluding hydrogens is 236 g/mol. The highest BCUT2D eigenvalue weighted by atomic mass is 35.5. The second-order valence-corrected chi connectivity index (χ2v) is 3.71. The molecule has 2 rings (SSSR count). The van der Waals surface area contributed by atoms with Gasteiger partial charge >= 0.3 is 5.69 Å². The van der Waals surface area contributed by atoms with E-state index < -0.39 is 4.92 Å². The molecule has 0 bridgehead atoms. The van der Waals surface area contributed by atoms with Gasteiger partial charge in [-0.25, -0.2) is 0 Å². The Morgan fingerprint density at radius 3 is 3.06 bits per heavy atom. The summed E-state index contributed by atoms with van der Waals surface area (Å²) >= 11 is 5.66. The molecule has 1 aromatic heterocycles. The Labute approximate surface area is 96.3 Å². The van der Waals surface area contributed by atoms with E-state index >= 15 is 0 Å². The zero-order chi connectivity index (χ0) is 11.5. The number of hydrogen-bond acceptors (Lipinski definition) is 5. The first-order chi connectivity index (χ1) is 7.66. The molecule has 1 aromatic rings. The average molecular weight is 245 g/mol. The third-order valence-corrected chi connectivity index (χ3v) is 2.38. The number of rotatable bonds is 3. The van der Waals surface area contributed by atoms with Gasteiger partial charge in [0.1, 0.15) is 11.3 Å². The summed E-state index contributed by atoms with van der Waals surface area (Å²) in [6.45, 7) is 1.02. The summed E-state index contributed by atoms with van der Waals surface area (Å²) in [5.74, 6) is -0.0481. The molecular formula is C9H9ClN2O4. The van der Waals surface area contributed by atoms with Crippen LogP contribution >= 0.6 is 11.6 Å². The molecule has 0 radical (unpaired) electrons. The number of halogens is 1. The van der Waals surface area contributed by atoms with Crippen LogP contribution < -0.4 is 4.74 Å². The fourth-order valence-corrected chi connectivity index (χ4v) is 1.54. The molecule has 16 heavy (non-hydrogen) atoms. The molecule has 2 heterocycles. The van der Waals surface area contributed by atoms with E-state index in [-0.39, 0.29) is 22.8 Å². The van der Waals surface area contributed by atoms with Crippen molar-refractivity contribution in [1.29, 1.82) is 0 Å². The standard InChI is InChI=1S/C9H9ClN2O4/c10-8-2-1-7(12(13)14)9(11-8)16-6-3-4-15-5-6/h1-2,6H,3-5H2. The monoisotopic (exact) mass is 244 g/mol. The predicted molar refractivity (Wildman–Crippen MR) is 55.8 cm³/mol. The number of aromatic nitrogens is 1. The summed E-state index contributed by atoms with van der Waals surface area (Å²) < 4.78 is 10.5. The van der Waals surface area contributed by atoms with Crippen molar-refractivity contribution in [2.45, 2.75) is 12.5 Å². The predicted octanol–water partition coefficient (Wildman–Crippen LogP) is 1.81. The van der Waals surface area contributed by atoms with Gasteiger partial charge < -0.3 is 9.47 Å². The smallest absolute Gasteiger partial charge is 0.331 e. The molecule has 0 N–H and O–H groups in total. The Morgan fingerprint density at radius 2 is 2.44 bits per heavy atom. The summed E-state index contributed by atoms with van der Waals surface area (Å²) in [6, 6.07) is 2.64. The molecule has 1 unspecified atom stereocenters. The van der Waals surface area contributed by atoms with Gasteiger partial charge in [0.2, 0.25) is 0 Å². The van der Waals surface area contributed by atoms with Gasteiger partial charge in [0, 0.05) is 12.5 Å². The fourth-order valence-electron chi connectivity index (χ4n) is 1.40. The summed E-state index contributed by atoms with van der Waals surface area (Å²) in [6.07, 6.45) is 0.510. The van der Waals surface area contributed by atoms with Crippen molar-refractivity contribution in [2.75, 3.05) is 13.2 Å². The third-order valence-electron chi connectivity index (χ3n) is 2.17. The Morgan fingerprint density at radius 1 is 1.62 bits per heavy atom. The number of nitrogens with zero attached hydrogens (tertiary/aromatic N) is 2. The molecule has 7 heteroatoms. The maximum atomic E-state index is 10.7. The van der Waals surface area contributed by atoms with Crippen LogP contribution in [0.5, 0.6) is 5.88 Å². The van der Waals surface area contributed by atoms with E-state index in [0.717, 1.165) is 0 Å². The lowest BCUT2D eigenvalue weighted by atomic mass is 10.3. The van der Waals surface area contributed by atoms with Crippen LogP contribution in [0.25, 0.3) is 0 Å². The SMILES string of the molecule is O=[N+]([O-])c1ccc(Cl)nc1OC1CCOC1. The van der Waals surface area contributed by atoms with E-state index in [1.54, 1.807) is 0 Å². The van der Waals surface area contributed by atoms with Crippen molar-refractivity contribution in [2.24, 2.45) is 0 Å². The van der Waals surface area contributed by atoms with Gasteiger partial charge in [-0.15, -0.1) is 0 Å². The molecule has 86 valence electrons. The van der Waals surface area contributed by atoms with Crippen LogP contribution in [0.15, 0.2) is 12.1 Å². The summed E-state index contributed by atoms with van der Waals surface area (Å²) in [7, 11) is 0. The fraction of sp³-hybridized carbons (Fsp3) is 0.444. The topological polar surface area (TPSA) is 74.5 Å². The van der Waals surface area contributed by atoms with Crippen LogP contribution in [0, 0.1) is 10.1 Å². The van der Waals surface area contributed by atoms with Crippen LogP contribution in [-0.2, 0) is 4.74 Å². The van der Waals surface area contributed by atoms with E-state index in [1.165, 1.54) is 12.1 Å². The maximum absolute atomic E-state index is 10.7. The molecule has 0 aliphatic carbocycles. The normalized spacial score (nSPS) is 19.7. The number of ether oxygens (including phenoxy) is 2. The van der Waals surface area contributed by atoms with Crippen LogP contribution in [0.3, 0.4) is 0 Å². The summed E-state index contributed by atoms with van der Waals surface area (Å²) in [5, 5.41) is 10.9. The van der Waals surface area contributed by atoms with Crippen molar-refractivity contribution in [3.63, 3.8) is 0 Å². The van der Waals surface area contributed by atoms with E-state index in [9.17, 15) is 10.1 Å². The molecule has 1 aliphatic heterocycles. The Bertz CT molecular complexity index is 406. The van der Waals surface area contributed by atoms with Crippen molar-refractivity contribution in [3.8, 4) is 5.88 Å². The van der Waals surface area contributed by atoms with E-state index in [2.05, 4.69) is 4.98 Å². The van der Waals surface area contributed by atoms with Crippen LogP contribution in [0.2, 0.25) is 5.15 Å². The highest BCUT2D eigenvalue weighted by molar-refractivity contribution is 6.29. The van der Waals surface area contributed by atoms with Gasteiger partial charge in [-0.1, -0.05) is 11.6 Å². The second kappa shape index (κ2) is 4.63. The van der Waals surface area contributed by atoms with Crippen LogP contribution in [-0.4, -0.2) is 29.2 Å². The zero-order valence-corrected chi connectivity index (χ0v) is 9.01. The van der Waals surface area contributed by atoms with Crippen LogP contribution in [0.1, 0.15) is 6.42 Å². The lowest BCUT2D eigenvalue weighted by molar-refractivity contribution is -0.386. The number of nitro groups is 1. The molecule has 0 spiro atoms. The van der Waals surface area contributed by atoms with Crippen LogP contribution in [0.4, 0.5) is 5.69 Å². The molecule has 1 fully saturated rings. The largest absolute Gasteiger partial charge is 0.467 e. The first kappa shape index (κ1) is 11.1. The molecule has 0 saturated carbocycles. The molecule has 0 aromatic carbocycles. The van der Waals surface area contributed by atoms with E-state index in [4.69, 9.17) is 21.1 Å². The molecule has 1 atom stereocenters. The molecule has 6 nitrogen and oxygen atoms in total. The minimum absolute atomic E-state index is 0.0481. The van der Waals surface area contributed by atoms with Crippen molar-refractivity contribution in [3.05, 3.63) is 27.4 Å². The van der Waals surface area contributed by atoms with Gasteiger partial charge in [0.25, 0.3) is 5.88 Å².